The van der Waals surface area contributed by atoms with E-state index in [-0.39, 0.29) is 79.2 Å². The van der Waals surface area contributed by atoms with Gasteiger partial charge in [0.05, 0.1) is 103 Å². The van der Waals surface area contributed by atoms with Crippen molar-refractivity contribution in [3.63, 3.8) is 0 Å². The van der Waals surface area contributed by atoms with E-state index in [1.165, 1.54) is 14.2 Å². The molecular weight excluding hydrogens is 615 g/mol. The molecule has 0 saturated carbocycles. The number of carbonyl (C=O) groups is 4. The van der Waals surface area contributed by atoms with Gasteiger partial charge in [0.15, 0.2) is 0 Å². The van der Waals surface area contributed by atoms with Gasteiger partial charge in [0.2, 0.25) is 0 Å². The van der Waals surface area contributed by atoms with Crippen LogP contribution in [0.1, 0.15) is 39.1 Å². The zero-order valence-electron chi connectivity index (χ0n) is 24.4. The van der Waals surface area contributed by atoms with Crippen LogP contribution in [0.2, 0.25) is 10.0 Å². The Morgan fingerprint density at radius 3 is 2.11 bits per heavy atom. The van der Waals surface area contributed by atoms with Crippen LogP contribution >= 0.6 is 23.2 Å². The van der Waals surface area contributed by atoms with Gasteiger partial charge in [0.1, 0.15) is 0 Å². The quantitative estimate of drug-likeness (QED) is 0.183. The molecule has 0 aromatic heterocycles. The summed E-state index contributed by atoms with van der Waals surface area (Å²) < 4.78 is 27.3. The zero-order chi connectivity index (χ0) is 31.8. The van der Waals surface area contributed by atoms with Crippen molar-refractivity contribution >= 4 is 47.0 Å². The highest BCUT2D eigenvalue weighted by Gasteiger charge is 2.41. The third-order valence-corrected chi connectivity index (χ3v) is 7.80. The predicted octanol–water partition coefficient (Wildman–Crippen LogP) is 3.90. The number of fused-ring (bicyclic) bond motifs is 1. The molecule has 4 rings (SSSR count). The van der Waals surface area contributed by atoms with Crippen molar-refractivity contribution in [2.75, 3.05) is 60.4 Å². The van der Waals surface area contributed by atoms with E-state index < -0.39 is 17.9 Å². The van der Waals surface area contributed by atoms with Crippen LogP contribution in [0.3, 0.4) is 0 Å². The number of amides is 2. The van der Waals surface area contributed by atoms with Crippen LogP contribution in [0, 0.1) is 0 Å². The first kappa shape index (κ1) is 33.2. The number of methoxy groups -OCH3 is 2. The number of rotatable bonds is 14. The molecule has 2 heterocycles. The maximum absolute atomic E-state index is 13.4. The number of hydrogen-bond donors (Lipinski definition) is 1. The van der Waals surface area contributed by atoms with Crippen LogP contribution < -0.4 is 5.32 Å². The summed E-state index contributed by atoms with van der Waals surface area (Å²) in [6.07, 6.45) is 0. The predicted molar refractivity (Wildman–Crippen MR) is 160 cm³/mol. The van der Waals surface area contributed by atoms with E-state index in [9.17, 15) is 19.2 Å². The van der Waals surface area contributed by atoms with Crippen molar-refractivity contribution in [1.82, 2.24) is 10.2 Å². The molecule has 234 valence electrons. The number of hydrogen-bond acceptors (Lipinski definition) is 10. The van der Waals surface area contributed by atoms with Crippen LogP contribution in [0.5, 0.6) is 0 Å². The topological polar surface area (TPSA) is 130 Å². The Morgan fingerprint density at radius 2 is 1.48 bits per heavy atom. The van der Waals surface area contributed by atoms with Crippen molar-refractivity contribution in [1.29, 1.82) is 0 Å². The fourth-order valence-electron chi connectivity index (χ4n) is 5.03. The number of esters is 2. The molecular formula is C31H32Cl2N2O9. The van der Waals surface area contributed by atoms with Gasteiger partial charge >= 0.3 is 11.9 Å². The Balaban J connectivity index is 1.49. The van der Waals surface area contributed by atoms with Gasteiger partial charge in [-0.2, -0.15) is 0 Å². The summed E-state index contributed by atoms with van der Waals surface area (Å²) in [5.41, 5.74) is 2.04. The first-order valence-electron chi connectivity index (χ1n) is 13.8. The van der Waals surface area contributed by atoms with Crippen molar-refractivity contribution in [2.24, 2.45) is 0 Å². The molecule has 13 heteroatoms. The van der Waals surface area contributed by atoms with E-state index in [0.29, 0.717) is 28.1 Å². The minimum absolute atomic E-state index is 0.0142. The highest BCUT2D eigenvalue weighted by molar-refractivity contribution is 6.42. The number of imide groups is 1. The summed E-state index contributed by atoms with van der Waals surface area (Å²) in [6.45, 7) is 2.10. The standard InChI is InChI=1S/C31H32Cl2N2O9/c1-4-44-31(39)26-23(17-43-15-14-42-13-12-35-28(36)18-8-5-6-9-19(18)29(35)37)34-22(16-40-2)25(30(38)41-3)24(26)20-10-7-11-21(32)27(20)33/h5-11,24,34H,4,12-17H2,1-3H3. The lowest BCUT2D eigenvalue weighted by atomic mass is 9.80. The van der Waals surface area contributed by atoms with Gasteiger partial charge in [-0.25, -0.2) is 9.59 Å². The first-order valence-corrected chi connectivity index (χ1v) is 14.5. The molecule has 11 nitrogen and oxygen atoms in total. The molecule has 2 aromatic rings. The summed E-state index contributed by atoms with van der Waals surface area (Å²) in [4.78, 5) is 52.7. The smallest absolute Gasteiger partial charge is 0.336 e. The lowest BCUT2D eigenvalue weighted by molar-refractivity contribution is -0.139. The number of nitrogens with one attached hydrogen (secondary N) is 1. The fraction of sp³-hybridized carbons (Fsp3) is 0.355. The summed E-state index contributed by atoms with van der Waals surface area (Å²) in [7, 11) is 2.70. The van der Waals surface area contributed by atoms with E-state index in [1.54, 1.807) is 49.4 Å². The normalized spacial score (nSPS) is 16.3. The van der Waals surface area contributed by atoms with Gasteiger partial charge in [-0.05, 0) is 30.7 Å². The first-order chi connectivity index (χ1) is 21.2. The summed E-state index contributed by atoms with van der Waals surface area (Å²) in [6, 6.07) is 11.6. The molecule has 0 saturated heterocycles. The lowest BCUT2D eigenvalue weighted by Gasteiger charge is -2.32. The second kappa shape index (κ2) is 15.3. The fourth-order valence-corrected chi connectivity index (χ4v) is 5.45. The van der Waals surface area contributed by atoms with E-state index >= 15 is 0 Å². The van der Waals surface area contributed by atoms with Crippen LogP contribution in [0.25, 0.3) is 0 Å². The SMILES string of the molecule is CCOC(=O)C1=C(COCCOCCN2C(=O)c3ccccc3C2=O)NC(COC)=C(C(=O)OC)C1c1cccc(Cl)c1Cl. The lowest BCUT2D eigenvalue weighted by Crippen LogP contribution is -2.37. The Hall–Kier alpha value is -3.74. The van der Waals surface area contributed by atoms with E-state index in [2.05, 4.69) is 5.32 Å². The molecule has 2 aliphatic heterocycles. The molecule has 44 heavy (non-hydrogen) atoms. The van der Waals surface area contributed by atoms with Crippen LogP contribution in [0.4, 0.5) is 0 Å². The van der Waals surface area contributed by atoms with Crippen LogP contribution in [0.15, 0.2) is 65.0 Å². The highest BCUT2D eigenvalue weighted by atomic mass is 35.5. The third kappa shape index (κ3) is 6.98. The Labute approximate surface area is 264 Å². The van der Waals surface area contributed by atoms with Crippen LogP contribution in [-0.4, -0.2) is 89.1 Å². The maximum Gasteiger partial charge on any atom is 0.336 e. The van der Waals surface area contributed by atoms with Gasteiger partial charge < -0.3 is 29.0 Å². The van der Waals surface area contributed by atoms with Crippen molar-refractivity contribution in [2.45, 2.75) is 12.8 Å². The number of dihydropyridines is 1. The van der Waals surface area contributed by atoms with Gasteiger partial charge in [0.25, 0.3) is 11.8 Å². The van der Waals surface area contributed by atoms with E-state index in [1.807, 2.05) is 0 Å². The molecule has 2 aromatic carbocycles. The average Bonchev–Trinajstić information content (AvgIpc) is 3.26. The summed E-state index contributed by atoms with van der Waals surface area (Å²) >= 11 is 12.9. The number of carbonyl (C=O) groups excluding carboxylic acids is 4. The minimum Gasteiger partial charge on any atom is -0.466 e. The largest absolute Gasteiger partial charge is 0.466 e. The number of nitrogens with zero attached hydrogens (tertiary/aromatic N) is 1. The van der Waals surface area contributed by atoms with Crippen LogP contribution in [-0.2, 0) is 33.3 Å². The molecule has 0 radical (unpaired) electrons. The monoisotopic (exact) mass is 646 g/mol. The Morgan fingerprint density at radius 1 is 0.841 bits per heavy atom. The third-order valence-electron chi connectivity index (χ3n) is 6.97. The molecule has 0 spiro atoms. The average molecular weight is 648 g/mol. The van der Waals surface area contributed by atoms with Gasteiger partial charge in [-0.1, -0.05) is 47.5 Å². The second-order valence-corrected chi connectivity index (χ2v) is 10.4. The number of benzene rings is 2. The highest BCUT2D eigenvalue weighted by Crippen LogP contribution is 2.43. The molecule has 2 amide bonds. The van der Waals surface area contributed by atoms with Gasteiger partial charge in [0, 0.05) is 7.11 Å². The Bertz CT molecular complexity index is 1470. The zero-order valence-corrected chi connectivity index (χ0v) is 26.0. The molecule has 0 fully saturated rings. The number of halogens is 2. The van der Waals surface area contributed by atoms with Gasteiger partial charge in [-0.3, -0.25) is 14.5 Å². The molecule has 1 N–H and O–H groups in total. The van der Waals surface area contributed by atoms with E-state index in [0.717, 1.165) is 4.90 Å². The van der Waals surface area contributed by atoms with E-state index in [4.69, 9.17) is 46.9 Å². The summed E-state index contributed by atoms with van der Waals surface area (Å²) in [5.74, 6) is -3.09. The van der Waals surface area contributed by atoms with Crippen molar-refractivity contribution in [3.05, 3.63) is 91.7 Å². The molecule has 0 aliphatic carbocycles. The molecule has 2 aliphatic rings. The van der Waals surface area contributed by atoms with Crippen molar-refractivity contribution < 1.29 is 42.9 Å². The molecule has 1 unspecified atom stereocenters. The number of ether oxygens (including phenoxy) is 5. The van der Waals surface area contributed by atoms with Gasteiger partial charge in [-0.15, -0.1) is 0 Å². The Kier molecular flexibility index (Phi) is 11.5. The minimum atomic E-state index is -1.01. The molecule has 1 atom stereocenters. The van der Waals surface area contributed by atoms with Crippen molar-refractivity contribution in [3.8, 4) is 0 Å². The molecule has 0 bridgehead atoms. The summed E-state index contributed by atoms with van der Waals surface area (Å²) in [5, 5.41) is 3.51. The second-order valence-electron chi connectivity index (χ2n) is 9.60. The maximum atomic E-state index is 13.4.